The van der Waals surface area contributed by atoms with Crippen molar-refractivity contribution in [2.45, 2.75) is 40.2 Å². The van der Waals surface area contributed by atoms with Crippen LogP contribution in [0.15, 0.2) is 12.1 Å². The van der Waals surface area contributed by atoms with Gasteiger partial charge in [-0.05, 0) is 49.8 Å². The van der Waals surface area contributed by atoms with E-state index in [1.165, 1.54) is 12.5 Å². The molecule has 1 N–H and O–H groups in total. The number of hydrogen-bond donors (Lipinski definition) is 1. The molecule has 1 fully saturated rings. The minimum Gasteiger partial charge on any atom is -0.389 e. The van der Waals surface area contributed by atoms with E-state index in [0.717, 1.165) is 18.8 Å². The van der Waals surface area contributed by atoms with E-state index in [1.54, 1.807) is 13.8 Å². The lowest BCUT2D eigenvalue weighted by Gasteiger charge is -2.25. The molecular weight excluding hydrogens is 241 g/mol. The molecular formula is C16H24FNO. The van der Waals surface area contributed by atoms with Crippen LogP contribution in [0.5, 0.6) is 0 Å². The Bertz CT molecular complexity index is 456. The number of halogens is 1. The van der Waals surface area contributed by atoms with Crippen molar-refractivity contribution in [3.8, 4) is 0 Å². The first-order valence-corrected chi connectivity index (χ1v) is 7.13. The highest BCUT2D eigenvalue weighted by molar-refractivity contribution is 5.57. The maximum Gasteiger partial charge on any atom is 0.126 e. The monoisotopic (exact) mass is 265 g/mol. The van der Waals surface area contributed by atoms with E-state index in [0.29, 0.717) is 23.0 Å². The van der Waals surface area contributed by atoms with E-state index in [9.17, 15) is 9.50 Å². The van der Waals surface area contributed by atoms with E-state index in [-0.39, 0.29) is 5.82 Å². The van der Waals surface area contributed by atoms with Gasteiger partial charge in [0.05, 0.1) is 6.10 Å². The van der Waals surface area contributed by atoms with Crippen LogP contribution in [0.3, 0.4) is 0 Å². The number of benzene rings is 1. The molecule has 1 heterocycles. The van der Waals surface area contributed by atoms with Crippen molar-refractivity contribution < 1.29 is 9.50 Å². The number of nitrogens with zero attached hydrogens (tertiary/aromatic N) is 1. The number of aryl methyl sites for hydroxylation is 1. The van der Waals surface area contributed by atoms with Gasteiger partial charge in [-0.25, -0.2) is 4.39 Å². The van der Waals surface area contributed by atoms with Crippen molar-refractivity contribution in [3.05, 3.63) is 29.1 Å². The van der Waals surface area contributed by atoms with Crippen LogP contribution in [-0.4, -0.2) is 18.2 Å². The van der Waals surface area contributed by atoms with Crippen LogP contribution < -0.4 is 4.90 Å². The summed E-state index contributed by atoms with van der Waals surface area (Å²) in [5, 5.41) is 9.86. The smallest absolute Gasteiger partial charge is 0.126 e. The Hall–Kier alpha value is -1.09. The second-order valence-corrected chi connectivity index (χ2v) is 6.07. The first-order chi connectivity index (χ1) is 8.90. The van der Waals surface area contributed by atoms with Crippen LogP contribution >= 0.6 is 0 Å². The molecule has 2 nitrogen and oxygen atoms in total. The van der Waals surface area contributed by atoms with E-state index in [1.807, 2.05) is 6.07 Å². The van der Waals surface area contributed by atoms with Gasteiger partial charge in [0.1, 0.15) is 5.82 Å². The summed E-state index contributed by atoms with van der Waals surface area (Å²) in [6, 6.07) is 3.36. The van der Waals surface area contributed by atoms with Gasteiger partial charge in [-0.3, -0.25) is 0 Å². The Labute approximate surface area is 115 Å². The summed E-state index contributed by atoms with van der Waals surface area (Å²) in [4.78, 5) is 2.29. The van der Waals surface area contributed by atoms with Crippen LogP contribution in [-0.2, 0) is 0 Å². The average Bonchev–Trinajstić information content (AvgIpc) is 2.81. The third-order valence-corrected chi connectivity index (χ3v) is 4.27. The van der Waals surface area contributed by atoms with E-state index in [4.69, 9.17) is 0 Å². The van der Waals surface area contributed by atoms with Crippen LogP contribution in [0, 0.1) is 24.6 Å². The summed E-state index contributed by atoms with van der Waals surface area (Å²) >= 11 is 0. The summed E-state index contributed by atoms with van der Waals surface area (Å²) < 4.78 is 13.7. The zero-order valence-corrected chi connectivity index (χ0v) is 12.3. The van der Waals surface area contributed by atoms with Gasteiger partial charge >= 0.3 is 0 Å². The third kappa shape index (κ3) is 2.92. The number of anilines is 1. The Morgan fingerprint density at radius 3 is 2.53 bits per heavy atom. The fourth-order valence-electron chi connectivity index (χ4n) is 2.84. The molecule has 0 aromatic heterocycles. The van der Waals surface area contributed by atoms with Gasteiger partial charge in [-0.1, -0.05) is 13.8 Å². The highest BCUT2D eigenvalue weighted by atomic mass is 19.1. The third-order valence-electron chi connectivity index (χ3n) is 4.27. The summed E-state index contributed by atoms with van der Waals surface area (Å²) in [6.07, 6.45) is 0.538. The van der Waals surface area contributed by atoms with Gasteiger partial charge < -0.3 is 10.0 Å². The summed E-state index contributed by atoms with van der Waals surface area (Å²) in [5.74, 6) is 1.12. The SMILES string of the molecule is Cc1cc(N2CCC(C(C)C)C2)c([C@H](C)O)cc1F. The average molecular weight is 265 g/mol. The molecule has 0 saturated carbocycles. The predicted molar refractivity (Wildman–Crippen MR) is 76.9 cm³/mol. The molecule has 1 aliphatic heterocycles. The van der Waals surface area contributed by atoms with Crippen molar-refractivity contribution in [1.29, 1.82) is 0 Å². The molecule has 1 aliphatic rings. The topological polar surface area (TPSA) is 23.5 Å². The zero-order chi connectivity index (χ0) is 14.2. The number of hydrogen-bond acceptors (Lipinski definition) is 2. The minimum atomic E-state index is -0.636. The van der Waals surface area contributed by atoms with E-state index in [2.05, 4.69) is 18.7 Å². The van der Waals surface area contributed by atoms with Gasteiger partial charge in [0.25, 0.3) is 0 Å². The highest BCUT2D eigenvalue weighted by Crippen LogP contribution is 2.34. The van der Waals surface area contributed by atoms with Crippen molar-refractivity contribution in [1.82, 2.24) is 0 Å². The molecule has 0 amide bonds. The molecule has 2 atom stereocenters. The predicted octanol–water partition coefficient (Wildman–Crippen LogP) is 3.67. The molecule has 3 heteroatoms. The van der Waals surface area contributed by atoms with Crippen molar-refractivity contribution in [3.63, 3.8) is 0 Å². The summed E-state index contributed by atoms with van der Waals surface area (Å²) in [5.41, 5.74) is 2.34. The second kappa shape index (κ2) is 5.49. The maximum atomic E-state index is 13.7. The van der Waals surface area contributed by atoms with Crippen LogP contribution in [0.25, 0.3) is 0 Å². The van der Waals surface area contributed by atoms with Gasteiger partial charge in [0.15, 0.2) is 0 Å². The van der Waals surface area contributed by atoms with Crippen LogP contribution in [0.1, 0.15) is 44.4 Å². The lowest BCUT2D eigenvalue weighted by atomic mass is 9.95. The first kappa shape index (κ1) is 14.3. The quantitative estimate of drug-likeness (QED) is 0.901. The fourth-order valence-corrected chi connectivity index (χ4v) is 2.84. The maximum absolute atomic E-state index is 13.7. The van der Waals surface area contributed by atoms with E-state index >= 15 is 0 Å². The Morgan fingerprint density at radius 1 is 1.32 bits per heavy atom. The second-order valence-electron chi connectivity index (χ2n) is 6.07. The largest absolute Gasteiger partial charge is 0.389 e. The lowest BCUT2D eigenvalue weighted by molar-refractivity contribution is 0.199. The first-order valence-electron chi connectivity index (χ1n) is 7.13. The van der Waals surface area contributed by atoms with Gasteiger partial charge in [0, 0.05) is 24.3 Å². The van der Waals surface area contributed by atoms with Gasteiger partial charge in [-0.15, -0.1) is 0 Å². The normalized spacial score (nSPS) is 21.2. The zero-order valence-electron chi connectivity index (χ0n) is 12.3. The molecule has 106 valence electrons. The Kier molecular flexibility index (Phi) is 4.14. The molecule has 0 spiro atoms. The van der Waals surface area contributed by atoms with Crippen LogP contribution in [0.4, 0.5) is 10.1 Å². The molecule has 1 aromatic carbocycles. The van der Waals surface area contributed by atoms with E-state index < -0.39 is 6.10 Å². The molecule has 0 bridgehead atoms. The molecule has 0 aliphatic carbocycles. The molecule has 2 rings (SSSR count). The minimum absolute atomic E-state index is 0.237. The molecule has 0 radical (unpaired) electrons. The highest BCUT2D eigenvalue weighted by Gasteiger charge is 2.27. The number of aliphatic hydroxyl groups excluding tert-OH is 1. The van der Waals surface area contributed by atoms with Crippen molar-refractivity contribution in [2.75, 3.05) is 18.0 Å². The van der Waals surface area contributed by atoms with Gasteiger partial charge in [-0.2, -0.15) is 0 Å². The molecule has 1 aromatic rings. The fraction of sp³-hybridized carbons (Fsp3) is 0.625. The molecule has 19 heavy (non-hydrogen) atoms. The Balaban J connectivity index is 2.32. The molecule has 1 saturated heterocycles. The lowest BCUT2D eigenvalue weighted by Crippen LogP contribution is -2.23. The summed E-state index contributed by atoms with van der Waals surface area (Å²) in [6.45, 7) is 9.97. The number of rotatable bonds is 3. The standard InChI is InChI=1S/C16H24FNO/c1-10(2)13-5-6-18(9-13)16-7-11(3)15(17)8-14(16)12(4)19/h7-8,10,12-13,19H,5-6,9H2,1-4H3/t12-,13?/m0/s1. The summed E-state index contributed by atoms with van der Waals surface area (Å²) in [7, 11) is 0. The van der Waals surface area contributed by atoms with Crippen molar-refractivity contribution in [2.24, 2.45) is 11.8 Å². The van der Waals surface area contributed by atoms with Crippen LogP contribution in [0.2, 0.25) is 0 Å². The van der Waals surface area contributed by atoms with Gasteiger partial charge in [0.2, 0.25) is 0 Å². The molecule has 1 unspecified atom stereocenters. The Morgan fingerprint density at radius 2 is 2.00 bits per heavy atom. The van der Waals surface area contributed by atoms with Crippen molar-refractivity contribution >= 4 is 5.69 Å². The number of aliphatic hydroxyl groups is 1.